The fourth-order valence-electron chi connectivity index (χ4n) is 1.91. The maximum Gasteiger partial charge on any atom is 0.251 e. The molecule has 5 heteroatoms. The third kappa shape index (κ3) is 3.93. The minimum Gasteiger partial charge on any atom is -0.493 e. The summed E-state index contributed by atoms with van der Waals surface area (Å²) in [6.45, 7) is 2.83. The number of aromatic amines is 1. The second-order valence-electron chi connectivity index (χ2n) is 4.49. The van der Waals surface area contributed by atoms with Crippen molar-refractivity contribution in [3.63, 3.8) is 0 Å². The van der Waals surface area contributed by atoms with Crippen LogP contribution in [0, 0.1) is 0 Å². The van der Waals surface area contributed by atoms with Crippen LogP contribution in [-0.4, -0.2) is 16.6 Å². The molecule has 0 spiro atoms. The first-order chi connectivity index (χ1) is 9.71. The highest BCUT2D eigenvalue weighted by molar-refractivity contribution is 5.28. The predicted octanol–water partition coefficient (Wildman–Crippen LogP) is 1.41. The van der Waals surface area contributed by atoms with E-state index in [1.807, 2.05) is 18.2 Å². The van der Waals surface area contributed by atoms with Crippen LogP contribution < -0.4 is 16.0 Å². The van der Waals surface area contributed by atoms with Crippen LogP contribution in [-0.2, 0) is 19.4 Å². The Morgan fingerprint density at radius 3 is 2.95 bits per heavy atom. The van der Waals surface area contributed by atoms with E-state index >= 15 is 0 Å². The summed E-state index contributed by atoms with van der Waals surface area (Å²) in [6.07, 6.45) is 1.52. The van der Waals surface area contributed by atoms with Crippen molar-refractivity contribution in [3.8, 4) is 5.75 Å². The summed E-state index contributed by atoms with van der Waals surface area (Å²) >= 11 is 0. The van der Waals surface area contributed by atoms with Crippen molar-refractivity contribution in [2.45, 2.75) is 26.3 Å². The molecule has 106 valence electrons. The van der Waals surface area contributed by atoms with Crippen LogP contribution in [0.2, 0.25) is 0 Å². The fraction of sp³-hybridized carbons (Fsp3) is 0.333. The van der Waals surface area contributed by atoms with Crippen molar-refractivity contribution in [1.82, 2.24) is 9.97 Å². The van der Waals surface area contributed by atoms with Crippen LogP contribution in [0.3, 0.4) is 0 Å². The van der Waals surface area contributed by atoms with Crippen LogP contribution >= 0.6 is 0 Å². The van der Waals surface area contributed by atoms with Gasteiger partial charge in [-0.3, -0.25) is 4.79 Å². The van der Waals surface area contributed by atoms with Gasteiger partial charge in [0.25, 0.3) is 5.56 Å². The van der Waals surface area contributed by atoms with Gasteiger partial charge in [-0.15, -0.1) is 0 Å². The number of ether oxygens (including phenoxy) is 1. The summed E-state index contributed by atoms with van der Waals surface area (Å²) in [5.74, 6) is 1.44. The van der Waals surface area contributed by atoms with Crippen LogP contribution in [0.15, 0.2) is 35.1 Å². The Kier molecular flexibility index (Phi) is 4.90. The van der Waals surface area contributed by atoms with E-state index in [-0.39, 0.29) is 12.1 Å². The molecule has 1 aromatic heterocycles. The molecule has 0 bridgehead atoms. The van der Waals surface area contributed by atoms with E-state index in [0.29, 0.717) is 24.5 Å². The first kappa shape index (κ1) is 14.3. The molecular formula is C15H19N3O2. The number of nitrogens with one attached hydrogen (secondary N) is 1. The highest BCUT2D eigenvalue weighted by Crippen LogP contribution is 2.13. The topological polar surface area (TPSA) is 81.0 Å². The van der Waals surface area contributed by atoms with E-state index in [0.717, 1.165) is 12.2 Å². The summed E-state index contributed by atoms with van der Waals surface area (Å²) in [5.41, 5.74) is 7.14. The van der Waals surface area contributed by atoms with E-state index < -0.39 is 0 Å². The van der Waals surface area contributed by atoms with Crippen LogP contribution in [0.4, 0.5) is 0 Å². The predicted molar refractivity (Wildman–Crippen MR) is 77.8 cm³/mol. The summed E-state index contributed by atoms with van der Waals surface area (Å²) in [7, 11) is 0. The minimum absolute atomic E-state index is 0.177. The number of H-pyrrole nitrogens is 1. The Morgan fingerprint density at radius 2 is 2.20 bits per heavy atom. The average molecular weight is 273 g/mol. The first-order valence-electron chi connectivity index (χ1n) is 6.72. The Labute approximate surface area is 117 Å². The van der Waals surface area contributed by atoms with E-state index in [1.54, 1.807) is 0 Å². The standard InChI is InChI=1S/C15H19N3O2/c1-2-11-4-3-5-13(8-11)20-7-6-14-17-12(10-16)9-15(19)18-14/h3-5,8-9H,2,6-7,10,16H2,1H3,(H,17,18,19). The van der Waals surface area contributed by atoms with Crippen molar-refractivity contribution in [3.05, 3.63) is 57.8 Å². The largest absolute Gasteiger partial charge is 0.493 e. The Bertz CT molecular complexity index is 623. The number of aryl methyl sites for hydroxylation is 1. The molecule has 20 heavy (non-hydrogen) atoms. The number of hydrogen-bond acceptors (Lipinski definition) is 4. The highest BCUT2D eigenvalue weighted by atomic mass is 16.5. The second kappa shape index (κ2) is 6.86. The number of nitrogens with zero attached hydrogens (tertiary/aromatic N) is 1. The highest BCUT2D eigenvalue weighted by Gasteiger charge is 2.01. The molecular weight excluding hydrogens is 254 g/mol. The van der Waals surface area contributed by atoms with Crippen LogP contribution in [0.5, 0.6) is 5.75 Å². The van der Waals surface area contributed by atoms with Gasteiger partial charge in [0.2, 0.25) is 0 Å². The van der Waals surface area contributed by atoms with Crippen LogP contribution in [0.25, 0.3) is 0 Å². The SMILES string of the molecule is CCc1cccc(OCCc2nc(CN)cc(=O)[nH]2)c1. The fourth-order valence-corrected chi connectivity index (χ4v) is 1.91. The van der Waals surface area contributed by atoms with Crippen molar-refractivity contribution in [2.24, 2.45) is 5.73 Å². The molecule has 0 amide bonds. The molecule has 0 aliphatic heterocycles. The summed E-state index contributed by atoms with van der Waals surface area (Å²) in [5, 5.41) is 0. The van der Waals surface area contributed by atoms with Crippen molar-refractivity contribution < 1.29 is 4.74 Å². The van der Waals surface area contributed by atoms with Crippen LogP contribution in [0.1, 0.15) is 24.0 Å². The zero-order valence-electron chi connectivity index (χ0n) is 11.6. The summed E-state index contributed by atoms with van der Waals surface area (Å²) < 4.78 is 5.67. The number of aromatic nitrogens is 2. The zero-order chi connectivity index (χ0) is 14.4. The zero-order valence-corrected chi connectivity index (χ0v) is 11.6. The quantitative estimate of drug-likeness (QED) is 0.834. The molecule has 0 radical (unpaired) electrons. The van der Waals surface area contributed by atoms with Gasteiger partial charge in [-0.2, -0.15) is 0 Å². The maximum atomic E-state index is 11.4. The molecule has 0 unspecified atom stereocenters. The van der Waals surface area contributed by atoms with Gasteiger partial charge in [0.15, 0.2) is 0 Å². The van der Waals surface area contributed by atoms with Gasteiger partial charge in [0.1, 0.15) is 11.6 Å². The summed E-state index contributed by atoms with van der Waals surface area (Å²) in [6, 6.07) is 9.40. The van der Waals surface area contributed by atoms with E-state index in [9.17, 15) is 4.79 Å². The number of rotatable bonds is 6. The van der Waals surface area contributed by atoms with Gasteiger partial charge in [0.05, 0.1) is 12.3 Å². The molecule has 0 saturated heterocycles. The Balaban J connectivity index is 1.95. The van der Waals surface area contributed by atoms with Gasteiger partial charge in [-0.1, -0.05) is 19.1 Å². The van der Waals surface area contributed by atoms with Gasteiger partial charge in [-0.05, 0) is 24.1 Å². The summed E-state index contributed by atoms with van der Waals surface area (Å²) in [4.78, 5) is 18.3. The molecule has 1 heterocycles. The van der Waals surface area contributed by atoms with Gasteiger partial charge >= 0.3 is 0 Å². The van der Waals surface area contributed by atoms with Gasteiger partial charge in [-0.25, -0.2) is 4.98 Å². The molecule has 0 saturated carbocycles. The number of hydrogen-bond donors (Lipinski definition) is 2. The van der Waals surface area contributed by atoms with Crippen molar-refractivity contribution in [2.75, 3.05) is 6.61 Å². The Hall–Kier alpha value is -2.14. The molecule has 0 atom stereocenters. The molecule has 1 aromatic carbocycles. The molecule has 5 nitrogen and oxygen atoms in total. The maximum absolute atomic E-state index is 11.4. The first-order valence-corrected chi connectivity index (χ1v) is 6.72. The molecule has 0 aliphatic carbocycles. The molecule has 3 N–H and O–H groups in total. The van der Waals surface area contributed by atoms with E-state index in [2.05, 4.69) is 23.0 Å². The lowest BCUT2D eigenvalue weighted by atomic mass is 10.2. The minimum atomic E-state index is -0.177. The number of benzene rings is 1. The van der Waals surface area contributed by atoms with E-state index in [4.69, 9.17) is 10.5 Å². The van der Waals surface area contributed by atoms with E-state index in [1.165, 1.54) is 11.6 Å². The smallest absolute Gasteiger partial charge is 0.251 e. The Morgan fingerprint density at radius 1 is 1.35 bits per heavy atom. The third-order valence-corrected chi connectivity index (χ3v) is 2.97. The molecule has 0 fully saturated rings. The molecule has 2 rings (SSSR count). The van der Waals surface area contributed by atoms with Gasteiger partial charge in [0, 0.05) is 19.0 Å². The van der Waals surface area contributed by atoms with Crippen molar-refractivity contribution in [1.29, 1.82) is 0 Å². The van der Waals surface area contributed by atoms with Gasteiger partial charge < -0.3 is 15.5 Å². The third-order valence-electron chi connectivity index (χ3n) is 2.97. The number of nitrogens with two attached hydrogens (primary N) is 1. The normalized spacial score (nSPS) is 10.5. The average Bonchev–Trinajstić information content (AvgIpc) is 2.47. The lowest BCUT2D eigenvalue weighted by molar-refractivity contribution is 0.318. The monoisotopic (exact) mass is 273 g/mol. The lowest BCUT2D eigenvalue weighted by Gasteiger charge is -2.07. The molecule has 0 aliphatic rings. The second-order valence-corrected chi connectivity index (χ2v) is 4.49. The van der Waals surface area contributed by atoms with Crippen molar-refractivity contribution >= 4 is 0 Å². The molecule has 2 aromatic rings. The lowest BCUT2D eigenvalue weighted by Crippen LogP contribution is -2.16.